The summed E-state index contributed by atoms with van der Waals surface area (Å²) in [5.41, 5.74) is 6.74. The third kappa shape index (κ3) is 4.73. The third-order valence-electron chi connectivity index (χ3n) is 7.75. The number of carbonyl (C=O) groups is 1. The first-order valence-corrected chi connectivity index (χ1v) is 11.6. The van der Waals surface area contributed by atoms with Crippen LogP contribution in [0.1, 0.15) is 38.5 Å². The Morgan fingerprint density at radius 2 is 1.73 bits per heavy atom. The number of esters is 1. The molecule has 33 heavy (non-hydrogen) atoms. The predicted octanol–water partition coefficient (Wildman–Crippen LogP) is 3.27. The van der Waals surface area contributed by atoms with Gasteiger partial charge in [-0.05, 0) is 64.3 Å². The number of piperidine rings is 2. The zero-order valence-electron chi connectivity index (χ0n) is 19.3. The van der Waals surface area contributed by atoms with Gasteiger partial charge in [-0.1, -0.05) is 0 Å². The molecule has 1 spiro atoms. The molecule has 10 heteroatoms. The Morgan fingerprint density at radius 3 is 2.27 bits per heavy atom. The fraction of sp³-hybridized carbons (Fsp3) is 0.696. The first kappa shape index (κ1) is 23.9. The Labute approximate surface area is 192 Å². The van der Waals surface area contributed by atoms with Gasteiger partial charge in [-0.15, -0.1) is 0 Å². The number of ether oxygens (including phenoxy) is 2. The molecule has 0 aliphatic carbocycles. The Kier molecular flexibility index (Phi) is 6.68. The zero-order valence-corrected chi connectivity index (χ0v) is 19.3. The summed E-state index contributed by atoms with van der Waals surface area (Å²) in [6.07, 6.45) is 1.62. The first-order valence-electron chi connectivity index (χ1n) is 11.6. The summed E-state index contributed by atoms with van der Waals surface area (Å²) in [4.78, 5) is 18.6. The van der Waals surface area contributed by atoms with E-state index in [1.165, 1.54) is 39.3 Å². The van der Waals surface area contributed by atoms with Crippen molar-refractivity contribution in [3.8, 4) is 11.5 Å². The van der Waals surface area contributed by atoms with E-state index in [1.54, 1.807) is 12.1 Å². The average Bonchev–Trinajstić information content (AvgIpc) is 3.13. The van der Waals surface area contributed by atoms with E-state index in [-0.39, 0.29) is 17.2 Å². The van der Waals surface area contributed by atoms with Gasteiger partial charge in [-0.2, -0.15) is 13.2 Å². The van der Waals surface area contributed by atoms with Gasteiger partial charge in [0.2, 0.25) is 0 Å². The van der Waals surface area contributed by atoms with E-state index >= 15 is 0 Å². The largest absolute Gasteiger partial charge is 0.491 e. The number of hydrogen-bond acceptors (Lipinski definition) is 7. The number of hydrogen-bond donors (Lipinski definition) is 1. The van der Waals surface area contributed by atoms with Crippen LogP contribution in [0, 0.1) is 0 Å². The molecule has 2 N–H and O–H groups in total. The van der Waals surface area contributed by atoms with E-state index in [0.717, 1.165) is 25.9 Å². The fourth-order valence-corrected chi connectivity index (χ4v) is 5.76. The molecule has 1 aromatic rings. The monoisotopic (exact) mass is 470 g/mol. The maximum atomic E-state index is 12.9. The maximum Gasteiger partial charge on any atom is 0.491 e. The molecule has 184 valence electrons. The van der Waals surface area contributed by atoms with E-state index < -0.39 is 12.1 Å². The summed E-state index contributed by atoms with van der Waals surface area (Å²) in [6.45, 7) is 4.65. The second-order valence-corrected chi connectivity index (χ2v) is 9.43. The number of alkyl halides is 3. The van der Waals surface area contributed by atoms with Gasteiger partial charge in [0.15, 0.2) is 11.5 Å². The molecule has 3 heterocycles. The smallest absolute Gasteiger partial charge is 0.491 e. The Morgan fingerprint density at radius 1 is 1.06 bits per heavy atom. The fourth-order valence-electron chi connectivity index (χ4n) is 5.76. The van der Waals surface area contributed by atoms with Crippen molar-refractivity contribution in [2.75, 3.05) is 57.5 Å². The van der Waals surface area contributed by atoms with Crippen LogP contribution in [0.15, 0.2) is 12.1 Å². The number of nitrogens with zero attached hydrogens (tertiary/aromatic N) is 3. The van der Waals surface area contributed by atoms with E-state index in [1.807, 2.05) is 4.90 Å². The Balaban J connectivity index is 1.43. The van der Waals surface area contributed by atoms with E-state index in [4.69, 9.17) is 15.2 Å². The number of halogens is 3. The highest BCUT2D eigenvalue weighted by molar-refractivity contribution is 5.83. The van der Waals surface area contributed by atoms with E-state index in [0.29, 0.717) is 30.4 Å². The SMILES string of the molecule is COc1c(N)ccc(N2CCC(N3CCC4(CCCN4C)CC3)CC2)c1OC(=O)C(F)(F)F. The lowest BCUT2D eigenvalue weighted by Crippen LogP contribution is -2.54. The van der Waals surface area contributed by atoms with Crippen LogP contribution in [0.2, 0.25) is 0 Å². The Hall–Kier alpha value is -2.20. The minimum Gasteiger partial charge on any atom is -0.491 e. The molecule has 0 atom stereocenters. The van der Waals surface area contributed by atoms with Gasteiger partial charge >= 0.3 is 12.1 Å². The van der Waals surface area contributed by atoms with Crippen molar-refractivity contribution < 1.29 is 27.4 Å². The molecule has 0 saturated carbocycles. The van der Waals surface area contributed by atoms with E-state index in [9.17, 15) is 18.0 Å². The summed E-state index contributed by atoms with van der Waals surface area (Å²) >= 11 is 0. The number of nitrogens with two attached hydrogens (primary N) is 1. The number of nitrogen functional groups attached to an aromatic ring is 1. The molecule has 3 fully saturated rings. The lowest BCUT2D eigenvalue weighted by Gasteiger charge is -2.47. The predicted molar refractivity (Wildman–Crippen MR) is 120 cm³/mol. The van der Waals surface area contributed by atoms with Crippen LogP contribution in [0.25, 0.3) is 0 Å². The number of benzene rings is 1. The minimum absolute atomic E-state index is 0.0609. The molecule has 7 nitrogen and oxygen atoms in total. The van der Waals surface area contributed by atoms with Gasteiger partial charge in [0.25, 0.3) is 0 Å². The molecule has 3 aliphatic rings. The van der Waals surface area contributed by atoms with Crippen molar-refractivity contribution in [3.05, 3.63) is 12.1 Å². The topological polar surface area (TPSA) is 71.3 Å². The van der Waals surface area contributed by atoms with E-state index in [2.05, 4.69) is 16.8 Å². The molecule has 0 amide bonds. The van der Waals surface area contributed by atoms with Gasteiger partial charge in [0, 0.05) is 37.8 Å². The van der Waals surface area contributed by atoms with Crippen LogP contribution in [-0.2, 0) is 4.79 Å². The van der Waals surface area contributed by atoms with Crippen LogP contribution in [0.5, 0.6) is 11.5 Å². The molecule has 0 radical (unpaired) electrons. The molecule has 3 aliphatic heterocycles. The number of anilines is 2. The highest BCUT2D eigenvalue weighted by Gasteiger charge is 2.44. The lowest BCUT2D eigenvalue weighted by atomic mass is 9.84. The summed E-state index contributed by atoms with van der Waals surface area (Å²) < 4.78 is 48.5. The normalized spacial score (nSPS) is 22.6. The Bertz CT molecular complexity index is 863. The minimum atomic E-state index is -5.11. The molecule has 0 bridgehead atoms. The van der Waals surface area contributed by atoms with Crippen LogP contribution in [-0.4, -0.2) is 80.4 Å². The molecule has 0 unspecified atom stereocenters. The molecular weight excluding hydrogens is 437 g/mol. The van der Waals surface area contributed by atoms with Gasteiger partial charge in [-0.3, -0.25) is 0 Å². The first-order chi connectivity index (χ1) is 15.6. The molecule has 1 aromatic carbocycles. The average molecular weight is 471 g/mol. The summed E-state index contributed by atoms with van der Waals surface area (Å²) in [6, 6.07) is 3.60. The second-order valence-electron chi connectivity index (χ2n) is 9.43. The quantitative estimate of drug-likeness (QED) is 0.411. The third-order valence-corrected chi connectivity index (χ3v) is 7.75. The summed E-state index contributed by atoms with van der Waals surface area (Å²) in [5, 5.41) is 0. The van der Waals surface area contributed by atoms with Gasteiger partial charge in [0.1, 0.15) is 0 Å². The molecule has 0 aromatic heterocycles. The van der Waals surface area contributed by atoms with Crippen molar-refractivity contribution in [1.82, 2.24) is 9.80 Å². The summed E-state index contributed by atoms with van der Waals surface area (Å²) in [7, 11) is 3.53. The molecule has 4 rings (SSSR count). The van der Waals surface area contributed by atoms with Crippen molar-refractivity contribution in [2.24, 2.45) is 0 Å². The number of likely N-dealkylation sites (tertiary alicyclic amines) is 2. The van der Waals surface area contributed by atoms with Gasteiger partial charge in [-0.25, -0.2) is 4.79 Å². The van der Waals surface area contributed by atoms with Crippen molar-refractivity contribution >= 4 is 17.3 Å². The van der Waals surface area contributed by atoms with Crippen molar-refractivity contribution in [3.63, 3.8) is 0 Å². The van der Waals surface area contributed by atoms with Gasteiger partial charge < -0.3 is 29.9 Å². The van der Waals surface area contributed by atoms with Crippen molar-refractivity contribution in [1.29, 1.82) is 0 Å². The highest BCUT2D eigenvalue weighted by Crippen LogP contribution is 2.44. The lowest BCUT2D eigenvalue weighted by molar-refractivity contribution is -0.189. The number of rotatable bonds is 4. The highest BCUT2D eigenvalue weighted by atomic mass is 19.4. The van der Waals surface area contributed by atoms with Crippen LogP contribution < -0.4 is 20.1 Å². The van der Waals surface area contributed by atoms with Crippen LogP contribution >= 0.6 is 0 Å². The van der Waals surface area contributed by atoms with Crippen LogP contribution in [0.4, 0.5) is 24.5 Å². The maximum absolute atomic E-state index is 12.9. The standard InChI is InChI=1S/C23H33F3N4O3/c1-28-11-3-8-22(28)9-14-29(15-10-22)16-6-12-30(13-7-16)18-5-4-17(27)19(32-2)20(18)33-21(31)23(24,25)26/h4-5,16H,3,6-15,27H2,1-2H3. The zero-order chi connectivity index (χ0) is 23.8. The van der Waals surface area contributed by atoms with Crippen molar-refractivity contribution in [2.45, 2.75) is 56.3 Å². The second kappa shape index (κ2) is 9.21. The molecule has 3 saturated heterocycles. The molecular formula is C23H33F3N4O3. The number of carbonyl (C=O) groups excluding carboxylic acids is 1. The van der Waals surface area contributed by atoms with Crippen LogP contribution in [0.3, 0.4) is 0 Å². The van der Waals surface area contributed by atoms with Gasteiger partial charge in [0.05, 0.1) is 18.5 Å². The number of methoxy groups -OCH3 is 1. The summed E-state index contributed by atoms with van der Waals surface area (Å²) in [5.74, 6) is -2.63.